The van der Waals surface area contributed by atoms with E-state index in [1.54, 1.807) is 12.1 Å². The van der Waals surface area contributed by atoms with Crippen molar-refractivity contribution in [2.45, 2.75) is 57.4 Å². The molecule has 120 valence electrons. The van der Waals surface area contributed by atoms with Crippen LogP contribution in [0, 0.1) is 5.92 Å². The van der Waals surface area contributed by atoms with Crippen molar-refractivity contribution in [1.82, 2.24) is 4.72 Å². The van der Waals surface area contributed by atoms with Gasteiger partial charge in [-0.2, -0.15) is 0 Å². The van der Waals surface area contributed by atoms with Crippen LogP contribution in [0.25, 0.3) is 0 Å². The second-order valence-electron chi connectivity index (χ2n) is 6.14. The summed E-state index contributed by atoms with van der Waals surface area (Å²) in [6.07, 6.45) is 2.42. The number of sulfonamides is 1. The average molecular weight is 312 g/mol. The molecular weight excluding hydrogens is 284 g/mol. The Balaban J connectivity index is 2.79. The molecule has 0 saturated carbocycles. The van der Waals surface area contributed by atoms with Crippen molar-refractivity contribution in [2.24, 2.45) is 11.7 Å². The van der Waals surface area contributed by atoms with Gasteiger partial charge in [-0.25, -0.2) is 13.1 Å². The van der Waals surface area contributed by atoms with Crippen molar-refractivity contribution >= 4 is 10.0 Å². The third-order valence-corrected chi connectivity index (χ3v) is 5.32. The Labute approximate surface area is 129 Å². The van der Waals surface area contributed by atoms with Gasteiger partial charge in [-0.3, -0.25) is 0 Å². The van der Waals surface area contributed by atoms with E-state index in [0.29, 0.717) is 10.8 Å². The lowest BCUT2D eigenvalue weighted by Gasteiger charge is -2.26. The highest BCUT2D eigenvalue weighted by atomic mass is 32.2. The zero-order chi connectivity index (χ0) is 16.1. The van der Waals surface area contributed by atoms with Gasteiger partial charge in [-0.1, -0.05) is 39.8 Å². The molecule has 0 aliphatic rings. The second kappa shape index (κ2) is 7.38. The standard InChI is InChI=1S/C16H28N2O2S/c1-5-16(17,6-2)12-18-21(19,20)15-9-7-14(8-10-15)11-13(3)4/h7-10,13,18H,5-6,11-12,17H2,1-4H3. The van der Waals surface area contributed by atoms with Gasteiger partial charge in [-0.05, 0) is 42.9 Å². The monoisotopic (exact) mass is 312 g/mol. The lowest BCUT2D eigenvalue weighted by molar-refractivity contribution is 0.392. The van der Waals surface area contributed by atoms with Crippen LogP contribution in [-0.2, 0) is 16.4 Å². The summed E-state index contributed by atoms with van der Waals surface area (Å²) in [6, 6.07) is 7.08. The molecule has 0 heterocycles. The molecule has 5 heteroatoms. The molecule has 0 fully saturated rings. The largest absolute Gasteiger partial charge is 0.324 e. The van der Waals surface area contributed by atoms with Crippen molar-refractivity contribution in [2.75, 3.05) is 6.54 Å². The summed E-state index contributed by atoms with van der Waals surface area (Å²) in [7, 11) is -3.49. The molecule has 0 aromatic heterocycles. The fraction of sp³-hybridized carbons (Fsp3) is 0.625. The van der Waals surface area contributed by atoms with E-state index in [0.717, 1.165) is 24.8 Å². The fourth-order valence-electron chi connectivity index (χ4n) is 2.10. The van der Waals surface area contributed by atoms with E-state index in [4.69, 9.17) is 5.73 Å². The first kappa shape index (κ1) is 18.1. The Kier molecular flexibility index (Phi) is 6.38. The van der Waals surface area contributed by atoms with Crippen LogP contribution in [0.5, 0.6) is 0 Å². The Morgan fingerprint density at radius 2 is 1.67 bits per heavy atom. The minimum absolute atomic E-state index is 0.260. The molecule has 0 spiro atoms. The number of benzene rings is 1. The lowest BCUT2D eigenvalue weighted by Crippen LogP contribution is -2.49. The van der Waals surface area contributed by atoms with Crippen LogP contribution < -0.4 is 10.5 Å². The summed E-state index contributed by atoms with van der Waals surface area (Å²) in [5, 5.41) is 0. The fourth-order valence-corrected chi connectivity index (χ4v) is 3.24. The van der Waals surface area contributed by atoms with E-state index < -0.39 is 15.6 Å². The van der Waals surface area contributed by atoms with E-state index in [2.05, 4.69) is 18.6 Å². The minimum atomic E-state index is -3.49. The van der Waals surface area contributed by atoms with Crippen molar-refractivity contribution in [3.05, 3.63) is 29.8 Å². The first-order valence-corrected chi connectivity index (χ1v) is 9.08. The number of nitrogens with two attached hydrogens (primary N) is 1. The van der Waals surface area contributed by atoms with Gasteiger partial charge in [0.2, 0.25) is 10.0 Å². The summed E-state index contributed by atoms with van der Waals surface area (Å²) in [6.45, 7) is 8.48. The van der Waals surface area contributed by atoms with Crippen LogP contribution in [0.15, 0.2) is 29.2 Å². The normalized spacial score (nSPS) is 12.9. The van der Waals surface area contributed by atoms with E-state index in [9.17, 15) is 8.42 Å². The predicted octanol–water partition coefficient (Wildman–Crippen LogP) is 2.68. The van der Waals surface area contributed by atoms with E-state index in [-0.39, 0.29) is 6.54 Å². The molecule has 0 atom stereocenters. The van der Waals surface area contributed by atoms with Crippen LogP contribution in [0.4, 0.5) is 0 Å². The van der Waals surface area contributed by atoms with Crippen molar-refractivity contribution in [3.8, 4) is 0 Å². The number of rotatable bonds is 8. The zero-order valence-electron chi connectivity index (χ0n) is 13.5. The Hall–Kier alpha value is -0.910. The molecule has 1 aromatic carbocycles. The minimum Gasteiger partial charge on any atom is -0.324 e. The van der Waals surface area contributed by atoms with Crippen LogP contribution in [0.3, 0.4) is 0 Å². The lowest BCUT2D eigenvalue weighted by atomic mass is 9.95. The summed E-state index contributed by atoms with van der Waals surface area (Å²) < 4.78 is 27.2. The number of nitrogens with one attached hydrogen (secondary N) is 1. The Morgan fingerprint density at radius 1 is 1.14 bits per heavy atom. The highest BCUT2D eigenvalue weighted by molar-refractivity contribution is 7.89. The van der Waals surface area contributed by atoms with Gasteiger partial charge in [0.05, 0.1) is 4.90 Å². The number of hydrogen-bond acceptors (Lipinski definition) is 3. The molecule has 0 saturated heterocycles. The van der Waals surface area contributed by atoms with Crippen LogP contribution in [-0.4, -0.2) is 20.5 Å². The smallest absolute Gasteiger partial charge is 0.240 e. The molecule has 0 aliphatic heterocycles. The third kappa shape index (κ3) is 5.41. The van der Waals surface area contributed by atoms with E-state index >= 15 is 0 Å². The summed E-state index contributed by atoms with van der Waals surface area (Å²) in [4.78, 5) is 0.296. The van der Waals surface area contributed by atoms with Gasteiger partial charge in [-0.15, -0.1) is 0 Å². The van der Waals surface area contributed by atoms with Gasteiger partial charge < -0.3 is 5.73 Å². The maximum absolute atomic E-state index is 12.3. The van der Waals surface area contributed by atoms with E-state index in [1.807, 2.05) is 26.0 Å². The molecule has 3 N–H and O–H groups in total. The van der Waals surface area contributed by atoms with Gasteiger partial charge in [0, 0.05) is 12.1 Å². The van der Waals surface area contributed by atoms with Gasteiger partial charge in [0.15, 0.2) is 0 Å². The summed E-state index contributed by atoms with van der Waals surface area (Å²) in [5.41, 5.74) is 6.80. The topological polar surface area (TPSA) is 72.2 Å². The Morgan fingerprint density at radius 3 is 2.10 bits per heavy atom. The van der Waals surface area contributed by atoms with Crippen molar-refractivity contribution in [1.29, 1.82) is 0 Å². The molecule has 1 aromatic rings. The number of hydrogen-bond donors (Lipinski definition) is 2. The van der Waals surface area contributed by atoms with Crippen molar-refractivity contribution in [3.63, 3.8) is 0 Å². The molecule has 0 bridgehead atoms. The molecule has 0 aliphatic carbocycles. The van der Waals surface area contributed by atoms with Crippen LogP contribution in [0.1, 0.15) is 46.1 Å². The summed E-state index contributed by atoms with van der Waals surface area (Å²) >= 11 is 0. The molecule has 21 heavy (non-hydrogen) atoms. The average Bonchev–Trinajstić information content (AvgIpc) is 2.45. The molecular formula is C16H28N2O2S. The second-order valence-corrected chi connectivity index (χ2v) is 7.90. The first-order valence-electron chi connectivity index (χ1n) is 7.60. The third-order valence-electron chi connectivity index (χ3n) is 3.90. The molecule has 0 radical (unpaired) electrons. The molecule has 4 nitrogen and oxygen atoms in total. The summed E-state index contributed by atoms with van der Waals surface area (Å²) in [5.74, 6) is 0.553. The quantitative estimate of drug-likeness (QED) is 0.775. The molecule has 1 rings (SSSR count). The highest BCUT2D eigenvalue weighted by Crippen LogP contribution is 2.15. The highest BCUT2D eigenvalue weighted by Gasteiger charge is 2.23. The van der Waals surface area contributed by atoms with Gasteiger partial charge >= 0.3 is 0 Å². The first-order chi connectivity index (χ1) is 9.72. The maximum atomic E-state index is 12.3. The van der Waals surface area contributed by atoms with E-state index in [1.165, 1.54) is 0 Å². The van der Waals surface area contributed by atoms with Crippen molar-refractivity contribution < 1.29 is 8.42 Å². The van der Waals surface area contributed by atoms with Gasteiger partial charge in [0.1, 0.15) is 0 Å². The Bertz CT molecular complexity index is 532. The SMILES string of the molecule is CCC(N)(CC)CNS(=O)(=O)c1ccc(CC(C)C)cc1. The van der Waals surface area contributed by atoms with Gasteiger partial charge in [0.25, 0.3) is 0 Å². The zero-order valence-corrected chi connectivity index (χ0v) is 14.3. The maximum Gasteiger partial charge on any atom is 0.240 e. The van der Waals surface area contributed by atoms with Crippen LogP contribution >= 0.6 is 0 Å². The molecule has 0 unspecified atom stereocenters. The predicted molar refractivity (Wildman–Crippen MR) is 87.7 cm³/mol. The molecule has 0 amide bonds. The van der Waals surface area contributed by atoms with Crippen LogP contribution in [0.2, 0.25) is 0 Å².